The normalized spacial score (nSPS) is 12.3. The van der Waals surface area contributed by atoms with Gasteiger partial charge in [0.25, 0.3) is 0 Å². The highest BCUT2D eigenvalue weighted by molar-refractivity contribution is 7.39. The van der Waals surface area contributed by atoms with E-state index in [4.69, 9.17) is 9.63 Å². The fraction of sp³-hybridized carbons (Fsp3) is 0.793. The minimum absolute atomic E-state index is 0.135. The molecule has 0 bridgehead atoms. The maximum absolute atomic E-state index is 12.2. The van der Waals surface area contributed by atoms with Gasteiger partial charge in [0.1, 0.15) is 12.4 Å². The van der Waals surface area contributed by atoms with Crippen molar-refractivity contribution in [3.05, 3.63) is 29.3 Å². The third-order valence-corrected chi connectivity index (χ3v) is 7.59. The molecule has 0 aliphatic heterocycles. The molecule has 0 spiro atoms. The minimum atomic E-state index is -1.62. The van der Waals surface area contributed by atoms with Crippen molar-refractivity contribution in [1.29, 1.82) is 0 Å². The van der Waals surface area contributed by atoms with E-state index in [1.165, 1.54) is 83.5 Å². The van der Waals surface area contributed by atoms with Crippen molar-refractivity contribution in [1.82, 2.24) is 0 Å². The van der Waals surface area contributed by atoms with Crippen LogP contribution in [-0.2, 0) is 21.1 Å². The van der Waals surface area contributed by atoms with Crippen LogP contribution >= 0.6 is 8.03 Å². The molecule has 1 atom stereocenters. The van der Waals surface area contributed by atoms with E-state index in [2.05, 4.69) is 20.8 Å². The molecule has 0 heterocycles. The van der Waals surface area contributed by atoms with Crippen LogP contribution < -0.4 is 0 Å². The van der Waals surface area contributed by atoms with Crippen LogP contribution in [-0.4, -0.2) is 23.0 Å². The summed E-state index contributed by atoms with van der Waals surface area (Å²) < 4.78 is 17.8. The summed E-state index contributed by atoms with van der Waals surface area (Å²) in [6, 6.07) is 5.51. The van der Waals surface area contributed by atoms with Gasteiger partial charge in [-0.3, -0.25) is 0 Å². The smallest absolute Gasteiger partial charge is 0.508 e. The summed E-state index contributed by atoms with van der Waals surface area (Å²) in [6.45, 7) is 6.89. The highest BCUT2D eigenvalue weighted by atomic mass is 31.1. The van der Waals surface area contributed by atoms with Crippen molar-refractivity contribution in [2.24, 2.45) is 0 Å². The number of hydrogen-bond donors (Lipinski definition) is 2. The summed E-state index contributed by atoms with van der Waals surface area (Å²) in [5, 5.41) is 18.8. The van der Waals surface area contributed by atoms with Crippen molar-refractivity contribution in [2.75, 3.05) is 12.8 Å². The molecule has 4 nitrogen and oxygen atoms in total. The number of phenolic OH excluding ortho intramolecular Hbond substituents is 1. The van der Waals surface area contributed by atoms with Crippen molar-refractivity contribution in [3.63, 3.8) is 0 Å². The molecule has 0 radical (unpaired) electrons. The zero-order valence-corrected chi connectivity index (χ0v) is 23.2. The third kappa shape index (κ3) is 15.8. The third-order valence-electron chi connectivity index (χ3n) is 6.49. The molecule has 0 amide bonds. The lowest BCUT2D eigenvalue weighted by atomic mass is 9.85. The maximum Gasteiger partial charge on any atom is 0.508 e. The lowest BCUT2D eigenvalue weighted by molar-refractivity contribution is 0.282. The van der Waals surface area contributed by atoms with Gasteiger partial charge in [-0.25, -0.2) is 0 Å². The molecule has 1 aromatic carbocycles. The lowest BCUT2D eigenvalue weighted by Gasteiger charge is -2.20. The van der Waals surface area contributed by atoms with Gasteiger partial charge in [0.2, 0.25) is 0 Å². The van der Waals surface area contributed by atoms with E-state index in [-0.39, 0.29) is 5.41 Å². The van der Waals surface area contributed by atoms with Gasteiger partial charge in [0.05, 0.1) is 0 Å². The number of hydrogen-bond acceptors (Lipinski definition) is 4. The molecule has 0 aliphatic carbocycles. The van der Waals surface area contributed by atoms with Crippen molar-refractivity contribution >= 4 is 8.03 Å². The van der Waals surface area contributed by atoms with Crippen LogP contribution in [0.5, 0.6) is 5.75 Å². The number of aromatic hydroxyl groups is 1. The Morgan fingerprint density at radius 2 is 1.18 bits per heavy atom. The van der Waals surface area contributed by atoms with Gasteiger partial charge in [-0.1, -0.05) is 110 Å². The first-order valence-corrected chi connectivity index (χ1v) is 15.2. The summed E-state index contributed by atoms with van der Waals surface area (Å²) in [5.41, 5.74) is 1.72. The summed E-state index contributed by atoms with van der Waals surface area (Å²) in [5.74, 6) is 0.303. The van der Waals surface area contributed by atoms with Crippen molar-refractivity contribution < 1.29 is 19.3 Å². The molecular formula is C29H52O4P+. The molecule has 0 saturated carbocycles. The Bertz CT molecular complexity index is 654. The maximum atomic E-state index is 12.2. The molecule has 0 saturated heterocycles. The number of unbranched alkanes of at least 4 members (excludes halogenated alkanes) is 15. The number of aliphatic hydroxyl groups is 1. The Morgan fingerprint density at radius 1 is 0.735 bits per heavy atom. The van der Waals surface area contributed by atoms with Crippen LogP contribution in [0.1, 0.15) is 135 Å². The SMILES string of the molecule is CC(C)(C)c1cc(CO[P+](=O)CCCCCCCCCCCCCCCCCCO)ccc1O. The fourth-order valence-corrected chi connectivity index (χ4v) is 5.22. The van der Waals surface area contributed by atoms with E-state index in [0.29, 0.717) is 25.1 Å². The summed E-state index contributed by atoms with van der Waals surface area (Å²) in [4.78, 5) is 0. The van der Waals surface area contributed by atoms with E-state index in [1.54, 1.807) is 6.07 Å². The molecule has 34 heavy (non-hydrogen) atoms. The van der Waals surface area contributed by atoms with Gasteiger partial charge >= 0.3 is 8.03 Å². The summed E-state index contributed by atoms with van der Waals surface area (Å²) in [7, 11) is -1.62. The van der Waals surface area contributed by atoms with Gasteiger partial charge in [-0.15, -0.1) is 4.52 Å². The van der Waals surface area contributed by atoms with Crippen LogP contribution in [0.3, 0.4) is 0 Å². The van der Waals surface area contributed by atoms with E-state index in [0.717, 1.165) is 30.4 Å². The molecule has 1 unspecified atom stereocenters. The number of rotatable bonds is 21. The van der Waals surface area contributed by atoms with E-state index in [1.807, 2.05) is 12.1 Å². The average molecular weight is 496 g/mol. The molecule has 0 aromatic heterocycles. The molecule has 0 aliphatic rings. The quantitative estimate of drug-likeness (QED) is 0.132. The van der Waals surface area contributed by atoms with Crippen LogP contribution in [0.4, 0.5) is 0 Å². The second-order valence-corrected chi connectivity index (χ2v) is 12.2. The topological polar surface area (TPSA) is 66.8 Å². The number of phenols is 1. The van der Waals surface area contributed by atoms with Gasteiger partial charge in [0, 0.05) is 6.61 Å². The summed E-state index contributed by atoms with van der Waals surface area (Å²) >= 11 is 0. The predicted molar refractivity (Wildman–Crippen MR) is 145 cm³/mol. The van der Waals surface area contributed by atoms with Gasteiger partial charge < -0.3 is 10.2 Å². The Balaban J connectivity index is 1.92. The van der Waals surface area contributed by atoms with Crippen LogP contribution in [0.15, 0.2) is 18.2 Å². The number of benzene rings is 1. The first-order chi connectivity index (χ1) is 16.3. The Labute approximate surface area is 210 Å². The Hall–Kier alpha value is -0.960. The highest BCUT2D eigenvalue weighted by Crippen LogP contribution is 2.33. The first kappa shape index (κ1) is 31.1. The van der Waals surface area contributed by atoms with Crippen LogP contribution in [0, 0.1) is 0 Å². The zero-order chi connectivity index (χ0) is 25.1. The Kier molecular flexibility index (Phi) is 17.6. The zero-order valence-electron chi connectivity index (χ0n) is 22.3. The number of aliphatic hydroxyl groups excluding tert-OH is 1. The molecular weight excluding hydrogens is 443 g/mol. The Morgan fingerprint density at radius 3 is 1.62 bits per heavy atom. The van der Waals surface area contributed by atoms with Gasteiger partial charge in [-0.05, 0) is 52.5 Å². The minimum Gasteiger partial charge on any atom is -0.508 e. The van der Waals surface area contributed by atoms with Crippen molar-refractivity contribution in [2.45, 2.75) is 136 Å². The molecule has 1 aromatic rings. The fourth-order valence-electron chi connectivity index (χ4n) is 4.31. The molecule has 2 N–H and O–H groups in total. The van der Waals surface area contributed by atoms with E-state index < -0.39 is 8.03 Å². The van der Waals surface area contributed by atoms with E-state index >= 15 is 0 Å². The second kappa shape index (κ2) is 19.3. The predicted octanol–water partition coefficient (Wildman–Crippen LogP) is 9.18. The average Bonchev–Trinajstić information content (AvgIpc) is 2.79. The second-order valence-electron chi connectivity index (χ2n) is 10.8. The first-order valence-electron chi connectivity index (χ1n) is 13.9. The molecule has 0 fully saturated rings. The van der Waals surface area contributed by atoms with Crippen LogP contribution in [0.25, 0.3) is 0 Å². The van der Waals surface area contributed by atoms with Crippen LogP contribution in [0.2, 0.25) is 0 Å². The van der Waals surface area contributed by atoms with E-state index in [9.17, 15) is 9.67 Å². The standard InChI is InChI=1S/C29H51O4P/c1-29(2,3)27-24-26(20-21-28(27)31)25-33-34(32)23-19-17-15-13-11-9-7-5-4-6-8-10-12-14-16-18-22-30/h20-21,24,30H,4-19,22-23,25H2,1-3H3/p+1. The molecule has 5 heteroatoms. The van der Waals surface area contributed by atoms with Crippen molar-refractivity contribution in [3.8, 4) is 5.75 Å². The molecule has 1 rings (SSSR count). The molecule has 196 valence electrons. The highest BCUT2D eigenvalue weighted by Gasteiger charge is 2.20. The summed E-state index contributed by atoms with van der Waals surface area (Å²) in [6.07, 6.45) is 20.9. The van der Waals surface area contributed by atoms with Gasteiger partial charge in [0.15, 0.2) is 6.16 Å². The van der Waals surface area contributed by atoms with Gasteiger partial charge in [-0.2, -0.15) is 0 Å². The lowest BCUT2D eigenvalue weighted by Crippen LogP contribution is -2.11. The largest absolute Gasteiger partial charge is 0.508 e. The monoisotopic (exact) mass is 495 g/mol.